The summed E-state index contributed by atoms with van der Waals surface area (Å²) in [5.74, 6) is -1.37. The van der Waals surface area contributed by atoms with Crippen LogP contribution in [0.25, 0.3) is 11.5 Å². The highest BCUT2D eigenvalue weighted by atomic mass is 19.1. The van der Waals surface area contributed by atoms with Gasteiger partial charge in [-0.1, -0.05) is 11.2 Å². The maximum absolute atomic E-state index is 13.6. The topological polar surface area (TPSA) is 60.2 Å². The van der Waals surface area contributed by atoms with E-state index < -0.39 is 11.6 Å². The number of rotatable bonds is 2. The lowest BCUT2D eigenvalue weighted by Gasteiger charge is -2.20. The Morgan fingerprint density at radius 2 is 2.05 bits per heavy atom. The van der Waals surface area contributed by atoms with Crippen LogP contribution in [0.2, 0.25) is 0 Å². The Hall–Kier alpha value is -1.86. The summed E-state index contributed by atoms with van der Waals surface area (Å²) < 4.78 is 37.5. The summed E-state index contributed by atoms with van der Waals surface area (Å²) >= 11 is 0. The lowest BCUT2D eigenvalue weighted by molar-refractivity contribution is 0.0208. The van der Waals surface area contributed by atoms with E-state index in [1.807, 2.05) is 0 Å². The first-order valence-corrected chi connectivity index (χ1v) is 5.86. The molecule has 100 valence electrons. The van der Waals surface area contributed by atoms with Crippen LogP contribution in [-0.2, 0) is 4.74 Å². The van der Waals surface area contributed by atoms with Crippen molar-refractivity contribution in [3.05, 3.63) is 35.7 Å². The maximum atomic E-state index is 13.6. The van der Waals surface area contributed by atoms with E-state index in [1.165, 1.54) is 6.07 Å². The fourth-order valence-electron chi connectivity index (χ4n) is 1.90. The zero-order chi connectivity index (χ0) is 13.2. The van der Waals surface area contributed by atoms with E-state index in [2.05, 4.69) is 15.5 Å². The lowest BCUT2D eigenvalue weighted by atomic mass is 10.2. The molecule has 7 heteroatoms. The third kappa shape index (κ3) is 2.34. The SMILES string of the molecule is Fc1cccc(F)c1-c1nc(C2CNCCO2)no1. The van der Waals surface area contributed by atoms with E-state index in [0.717, 1.165) is 18.7 Å². The number of morpholine rings is 1. The zero-order valence-electron chi connectivity index (χ0n) is 9.90. The summed E-state index contributed by atoms with van der Waals surface area (Å²) in [6.07, 6.45) is -0.360. The highest BCUT2D eigenvalue weighted by molar-refractivity contribution is 5.54. The van der Waals surface area contributed by atoms with Crippen molar-refractivity contribution < 1.29 is 18.0 Å². The average Bonchev–Trinajstić information content (AvgIpc) is 2.89. The molecule has 1 aliphatic heterocycles. The normalized spacial score (nSPS) is 19.6. The largest absolute Gasteiger partial charge is 0.367 e. The van der Waals surface area contributed by atoms with Crippen LogP contribution in [0.5, 0.6) is 0 Å². The van der Waals surface area contributed by atoms with Crippen molar-refractivity contribution >= 4 is 0 Å². The molecule has 0 aliphatic carbocycles. The number of nitrogens with zero attached hydrogens (tertiary/aromatic N) is 2. The number of aromatic nitrogens is 2. The molecule has 1 aliphatic rings. The third-order valence-corrected chi connectivity index (χ3v) is 2.83. The molecule has 1 N–H and O–H groups in total. The van der Waals surface area contributed by atoms with Gasteiger partial charge in [0.15, 0.2) is 0 Å². The number of halogens is 2. The van der Waals surface area contributed by atoms with E-state index in [1.54, 1.807) is 0 Å². The predicted octanol–water partition coefficient (Wildman–Crippen LogP) is 1.68. The van der Waals surface area contributed by atoms with E-state index in [9.17, 15) is 8.78 Å². The molecule has 0 amide bonds. The molecule has 1 aromatic heterocycles. The van der Waals surface area contributed by atoms with Crippen molar-refractivity contribution in [3.63, 3.8) is 0 Å². The van der Waals surface area contributed by atoms with Gasteiger partial charge in [0.25, 0.3) is 5.89 Å². The maximum Gasteiger partial charge on any atom is 0.263 e. The molecule has 5 nitrogen and oxygen atoms in total. The van der Waals surface area contributed by atoms with E-state index in [0.29, 0.717) is 13.2 Å². The highest BCUT2D eigenvalue weighted by Gasteiger charge is 2.24. The smallest absolute Gasteiger partial charge is 0.263 e. The molecule has 0 radical (unpaired) electrons. The van der Waals surface area contributed by atoms with Crippen LogP contribution in [0.4, 0.5) is 8.78 Å². The van der Waals surface area contributed by atoms with Gasteiger partial charge in [0.1, 0.15) is 23.3 Å². The summed E-state index contributed by atoms with van der Waals surface area (Å²) in [6, 6.07) is 3.56. The van der Waals surface area contributed by atoms with Crippen LogP contribution in [0.15, 0.2) is 22.7 Å². The second-order valence-corrected chi connectivity index (χ2v) is 4.12. The van der Waals surface area contributed by atoms with Gasteiger partial charge in [-0.2, -0.15) is 4.98 Å². The summed E-state index contributed by atoms with van der Waals surface area (Å²) in [7, 11) is 0. The molecule has 2 aromatic rings. The summed E-state index contributed by atoms with van der Waals surface area (Å²) in [6.45, 7) is 1.82. The fraction of sp³-hybridized carbons (Fsp3) is 0.333. The summed E-state index contributed by atoms with van der Waals surface area (Å²) in [5, 5.41) is 6.82. The van der Waals surface area contributed by atoms with Crippen LogP contribution >= 0.6 is 0 Å². The van der Waals surface area contributed by atoms with Gasteiger partial charge in [-0.05, 0) is 12.1 Å². The van der Waals surface area contributed by atoms with Crippen molar-refractivity contribution in [2.75, 3.05) is 19.7 Å². The Labute approximate surface area is 107 Å². The predicted molar refractivity (Wildman–Crippen MR) is 61.2 cm³/mol. The number of nitrogens with one attached hydrogen (secondary N) is 1. The molecular weight excluding hydrogens is 256 g/mol. The minimum Gasteiger partial charge on any atom is -0.367 e. The third-order valence-electron chi connectivity index (χ3n) is 2.83. The second kappa shape index (κ2) is 5.02. The van der Waals surface area contributed by atoms with Crippen LogP contribution in [0.1, 0.15) is 11.9 Å². The van der Waals surface area contributed by atoms with Gasteiger partial charge in [-0.15, -0.1) is 0 Å². The molecule has 19 heavy (non-hydrogen) atoms. The van der Waals surface area contributed by atoms with Crippen LogP contribution in [0.3, 0.4) is 0 Å². The Balaban J connectivity index is 1.92. The Bertz CT molecular complexity index is 562. The molecule has 0 saturated carbocycles. The molecule has 1 atom stereocenters. The van der Waals surface area contributed by atoms with Gasteiger partial charge in [-0.3, -0.25) is 0 Å². The van der Waals surface area contributed by atoms with Crippen molar-refractivity contribution in [2.45, 2.75) is 6.10 Å². The first-order chi connectivity index (χ1) is 9.25. The van der Waals surface area contributed by atoms with Crippen molar-refractivity contribution in [1.29, 1.82) is 0 Å². The Kier molecular flexibility index (Phi) is 3.22. The minimum atomic E-state index is -0.738. The molecule has 0 spiro atoms. The van der Waals surface area contributed by atoms with Crippen molar-refractivity contribution in [1.82, 2.24) is 15.5 Å². The standard InChI is InChI=1S/C12H11F2N3O2/c13-7-2-1-3-8(14)10(7)12-16-11(17-19-12)9-6-15-4-5-18-9/h1-3,9,15H,4-6H2. The van der Waals surface area contributed by atoms with Crippen molar-refractivity contribution in [3.8, 4) is 11.5 Å². The van der Waals surface area contributed by atoms with Gasteiger partial charge in [-0.25, -0.2) is 8.78 Å². The average molecular weight is 267 g/mol. The monoisotopic (exact) mass is 267 g/mol. The summed E-state index contributed by atoms with van der Waals surface area (Å²) in [4.78, 5) is 4.00. The molecule has 2 heterocycles. The molecule has 3 rings (SSSR count). The van der Waals surface area contributed by atoms with Crippen molar-refractivity contribution in [2.24, 2.45) is 0 Å². The van der Waals surface area contributed by atoms with E-state index in [-0.39, 0.29) is 23.4 Å². The lowest BCUT2D eigenvalue weighted by Crippen LogP contribution is -2.33. The van der Waals surface area contributed by atoms with Gasteiger partial charge >= 0.3 is 0 Å². The molecule has 1 unspecified atom stereocenters. The molecule has 1 aromatic carbocycles. The Morgan fingerprint density at radius 1 is 1.26 bits per heavy atom. The zero-order valence-corrected chi connectivity index (χ0v) is 9.90. The molecule has 1 fully saturated rings. The molecule has 0 bridgehead atoms. The minimum absolute atomic E-state index is 0.181. The highest BCUT2D eigenvalue weighted by Crippen LogP contribution is 2.26. The van der Waals surface area contributed by atoms with Gasteiger partial charge < -0.3 is 14.6 Å². The van der Waals surface area contributed by atoms with Crippen LogP contribution in [0, 0.1) is 11.6 Å². The first kappa shape index (κ1) is 12.2. The second-order valence-electron chi connectivity index (χ2n) is 4.12. The number of hydrogen-bond donors (Lipinski definition) is 1. The van der Waals surface area contributed by atoms with Crippen LogP contribution < -0.4 is 5.32 Å². The van der Waals surface area contributed by atoms with E-state index in [4.69, 9.17) is 9.26 Å². The number of benzene rings is 1. The fourth-order valence-corrected chi connectivity index (χ4v) is 1.90. The van der Waals surface area contributed by atoms with Gasteiger partial charge in [0, 0.05) is 13.1 Å². The first-order valence-electron chi connectivity index (χ1n) is 5.86. The van der Waals surface area contributed by atoms with Crippen LogP contribution in [-0.4, -0.2) is 29.8 Å². The molecule has 1 saturated heterocycles. The van der Waals surface area contributed by atoms with Gasteiger partial charge in [0.05, 0.1) is 6.61 Å². The summed E-state index contributed by atoms with van der Waals surface area (Å²) in [5.41, 5.74) is -0.315. The number of hydrogen-bond acceptors (Lipinski definition) is 5. The molecular formula is C12H11F2N3O2. The van der Waals surface area contributed by atoms with Gasteiger partial charge in [0.2, 0.25) is 5.82 Å². The Morgan fingerprint density at radius 3 is 2.74 bits per heavy atom. The van der Waals surface area contributed by atoms with E-state index >= 15 is 0 Å². The quantitative estimate of drug-likeness (QED) is 0.897. The number of ether oxygens (including phenoxy) is 1.